The molecule has 1 aromatic carbocycles. The van der Waals surface area contributed by atoms with Crippen LogP contribution in [-0.4, -0.2) is 87.9 Å². The number of carboxylic acids is 1. The van der Waals surface area contributed by atoms with Crippen molar-refractivity contribution in [2.75, 3.05) is 13.1 Å². The number of nitrogens with zero attached hydrogens (tertiary/aromatic N) is 3. The highest BCUT2D eigenvalue weighted by molar-refractivity contribution is 5.94. The topological polar surface area (TPSA) is 308 Å². The van der Waals surface area contributed by atoms with Gasteiger partial charge in [0, 0.05) is 37.8 Å². The first-order chi connectivity index (χ1) is 21.0. The van der Waals surface area contributed by atoms with Crippen LogP contribution >= 0.6 is 0 Å². The van der Waals surface area contributed by atoms with Gasteiger partial charge in [-0.1, -0.05) is 30.3 Å². The number of nitrogens with two attached hydrogens (primary N) is 5. The Balaban J connectivity index is 2.21. The Morgan fingerprint density at radius 1 is 0.795 bits per heavy atom. The van der Waals surface area contributed by atoms with E-state index in [1.165, 1.54) is 12.5 Å². The van der Waals surface area contributed by atoms with Crippen LogP contribution in [0.3, 0.4) is 0 Å². The van der Waals surface area contributed by atoms with Crippen LogP contribution in [0, 0.1) is 0 Å². The molecular weight excluding hydrogens is 572 g/mol. The van der Waals surface area contributed by atoms with Gasteiger partial charge in [-0.15, -0.1) is 0 Å². The smallest absolute Gasteiger partial charge is 0.326 e. The van der Waals surface area contributed by atoms with Gasteiger partial charge >= 0.3 is 5.97 Å². The van der Waals surface area contributed by atoms with Crippen molar-refractivity contribution < 1.29 is 24.3 Å². The van der Waals surface area contributed by atoms with E-state index in [0.717, 1.165) is 5.56 Å². The van der Waals surface area contributed by atoms with E-state index >= 15 is 0 Å². The van der Waals surface area contributed by atoms with Crippen molar-refractivity contribution in [3.8, 4) is 0 Å². The van der Waals surface area contributed by atoms with E-state index in [0.29, 0.717) is 12.1 Å². The molecule has 0 saturated carbocycles. The van der Waals surface area contributed by atoms with Crippen molar-refractivity contribution >= 4 is 35.6 Å². The SMILES string of the molecule is NC(N)=NCCCC(N)C(=O)NC(Cc1ccccc1)C(=O)NC(CCCN=C(N)N)C(=O)NC(Cc1cnc[nH]1)C(=O)O. The minimum Gasteiger partial charge on any atom is -0.480 e. The molecule has 240 valence electrons. The molecule has 44 heavy (non-hydrogen) atoms. The summed E-state index contributed by atoms with van der Waals surface area (Å²) in [6.45, 7) is 0.447. The van der Waals surface area contributed by atoms with E-state index in [2.05, 4.69) is 35.9 Å². The molecule has 1 heterocycles. The molecule has 0 fully saturated rings. The van der Waals surface area contributed by atoms with Gasteiger partial charge in [0.2, 0.25) is 17.7 Å². The average molecular weight is 615 g/mol. The number of guanidine groups is 2. The molecule has 2 rings (SSSR count). The number of aliphatic imine (C=N–C) groups is 2. The number of amides is 3. The van der Waals surface area contributed by atoms with Gasteiger partial charge in [0.15, 0.2) is 11.9 Å². The second kappa shape index (κ2) is 18.4. The number of carbonyl (C=O) groups is 4. The minimum atomic E-state index is -1.31. The Hall–Kier alpha value is -5.19. The third-order valence-electron chi connectivity index (χ3n) is 6.39. The minimum absolute atomic E-state index is 0.0660. The summed E-state index contributed by atoms with van der Waals surface area (Å²) in [7, 11) is 0. The number of aliphatic carboxylic acids is 1. The molecule has 4 unspecified atom stereocenters. The number of nitrogens with one attached hydrogen (secondary N) is 4. The number of rotatable bonds is 19. The van der Waals surface area contributed by atoms with Crippen molar-refractivity contribution in [2.45, 2.75) is 62.7 Å². The first kappa shape index (κ1) is 35.0. The quantitative estimate of drug-likeness (QED) is 0.0436. The number of aromatic amines is 1. The van der Waals surface area contributed by atoms with Crippen LogP contribution in [0.2, 0.25) is 0 Å². The number of imidazole rings is 1. The summed E-state index contributed by atoms with van der Waals surface area (Å²) in [6.07, 6.45) is 3.90. The van der Waals surface area contributed by atoms with Crippen LogP contribution in [0.25, 0.3) is 0 Å². The zero-order valence-corrected chi connectivity index (χ0v) is 24.3. The molecule has 15 N–H and O–H groups in total. The second-order valence-electron chi connectivity index (χ2n) is 10.00. The fourth-order valence-electron chi connectivity index (χ4n) is 4.12. The highest BCUT2D eigenvalue weighted by Gasteiger charge is 2.30. The molecule has 0 radical (unpaired) electrons. The molecule has 0 aliphatic heterocycles. The maximum atomic E-state index is 13.6. The number of hydrogen-bond acceptors (Lipinski definition) is 8. The number of benzene rings is 1. The van der Waals surface area contributed by atoms with Crippen LogP contribution in [0.1, 0.15) is 36.9 Å². The lowest BCUT2D eigenvalue weighted by molar-refractivity contribution is -0.142. The summed E-state index contributed by atoms with van der Waals surface area (Å²) in [6, 6.07) is 4.40. The van der Waals surface area contributed by atoms with Crippen LogP contribution < -0.4 is 44.6 Å². The van der Waals surface area contributed by atoms with Gasteiger partial charge in [0.1, 0.15) is 18.1 Å². The Kier molecular flexibility index (Phi) is 14.6. The number of aromatic nitrogens is 2. The van der Waals surface area contributed by atoms with Gasteiger partial charge in [-0.2, -0.15) is 0 Å². The normalized spacial score (nSPS) is 13.4. The predicted molar refractivity (Wildman–Crippen MR) is 164 cm³/mol. The van der Waals surface area contributed by atoms with E-state index in [1.807, 2.05) is 6.07 Å². The molecule has 0 aliphatic carbocycles. The molecule has 0 bridgehead atoms. The monoisotopic (exact) mass is 614 g/mol. The fraction of sp³-hybridized carbons (Fsp3) is 0.444. The van der Waals surface area contributed by atoms with Gasteiger partial charge in [-0.05, 0) is 31.2 Å². The van der Waals surface area contributed by atoms with Crippen molar-refractivity contribution in [1.29, 1.82) is 0 Å². The van der Waals surface area contributed by atoms with E-state index in [4.69, 9.17) is 28.7 Å². The summed E-state index contributed by atoms with van der Waals surface area (Å²) in [4.78, 5) is 66.2. The van der Waals surface area contributed by atoms with Crippen LogP contribution in [0.4, 0.5) is 0 Å². The predicted octanol–water partition coefficient (Wildman–Crippen LogP) is -2.83. The number of carbonyl (C=O) groups excluding carboxylic acids is 3. The summed E-state index contributed by atoms with van der Waals surface area (Å²) < 4.78 is 0. The number of H-pyrrole nitrogens is 1. The Morgan fingerprint density at radius 3 is 1.93 bits per heavy atom. The Labute approximate surface area is 254 Å². The summed E-state index contributed by atoms with van der Waals surface area (Å²) >= 11 is 0. The van der Waals surface area contributed by atoms with E-state index in [1.54, 1.807) is 24.3 Å². The van der Waals surface area contributed by atoms with Crippen LogP contribution in [0.15, 0.2) is 52.8 Å². The van der Waals surface area contributed by atoms with Crippen molar-refractivity contribution in [1.82, 2.24) is 25.9 Å². The van der Waals surface area contributed by atoms with Gasteiger partial charge in [0.05, 0.1) is 12.4 Å². The largest absolute Gasteiger partial charge is 0.480 e. The van der Waals surface area contributed by atoms with Gasteiger partial charge in [-0.25, -0.2) is 9.78 Å². The summed E-state index contributed by atoms with van der Waals surface area (Å²) in [5.41, 5.74) is 28.7. The van der Waals surface area contributed by atoms with E-state index in [9.17, 15) is 24.3 Å². The fourth-order valence-corrected chi connectivity index (χ4v) is 4.12. The lowest BCUT2D eigenvalue weighted by Crippen LogP contribution is -2.57. The Morgan fingerprint density at radius 2 is 1.36 bits per heavy atom. The molecule has 3 amide bonds. The standard InChI is InChI=1S/C27H42N12O5/c28-18(8-4-10-34-26(29)30)22(40)38-20(12-16-6-2-1-3-7-16)24(42)37-19(9-5-11-35-27(31)32)23(41)39-21(25(43)44)13-17-14-33-15-36-17/h1-3,6-7,14-15,18-21H,4-5,8-13,28H2,(H,33,36)(H,37,42)(H,38,40)(H,39,41)(H,43,44)(H4,29,30,34)(H4,31,32,35). The second-order valence-corrected chi connectivity index (χ2v) is 10.00. The maximum absolute atomic E-state index is 13.6. The van der Waals surface area contributed by atoms with Crippen LogP contribution in [0.5, 0.6) is 0 Å². The molecule has 17 heteroatoms. The molecule has 1 aromatic heterocycles. The van der Waals surface area contributed by atoms with Gasteiger partial charge < -0.3 is 54.7 Å². The zero-order valence-electron chi connectivity index (χ0n) is 24.3. The van der Waals surface area contributed by atoms with Gasteiger partial charge in [-0.3, -0.25) is 24.4 Å². The molecule has 17 nitrogen and oxygen atoms in total. The first-order valence-electron chi connectivity index (χ1n) is 14.0. The van der Waals surface area contributed by atoms with E-state index < -0.39 is 47.9 Å². The molecular formula is C27H42N12O5. The molecule has 2 aromatic rings. The van der Waals surface area contributed by atoms with Crippen molar-refractivity contribution in [3.05, 3.63) is 54.1 Å². The summed E-state index contributed by atoms with van der Waals surface area (Å²) in [5, 5.41) is 17.5. The number of hydrogen-bond donors (Lipinski definition) is 10. The van der Waals surface area contributed by atoms with Crippen LogP contribution in [-0.2, 0) is 32.0 Å². The first-order valence-corrected chi connectivity index (χ1v) is 14.0. The van der Waals surface area contributed by atoms with Crippen molar-refractivity contribution in [2.24, 2.45) is 38.7 Å². The Bertz CT molecular complexity index is 1260. The highest BCUT2D eigenvalue weighted by atomic mass is 16.4. The maximum Gasteiger partial charge on any atom is 0.326 e. The third-order valence-corrected chi connectivity index (χ3v) is 6.39. The third kappa shape index (κ3) is 13.2. The zero-order chi connectivity index (χ0) is 32.5. The molecule has 0 saturated heterocycles. The van der Waals surface area contributed by atoms with E-state index in [-0.39, 0.29) is 57.1 Å². The summed E-state index contributed by atoms with van der Waals surface area (Å²) in [5.74, 6) is -3.48. The van der Waals surface area contributed by atoms with Crippen molar-refractivity contribution in [3.63, 3.8) is 0 Å². The molecule has 0 aliphatic rings. The lowest BCUT2D eigenvalue weighted by atomic mass is 10.0. The lowest BCUT2D eigenvalue weighted by Gasteiger charge is -2.25. The molecule has 4 atom stereocenters. The number of carboxylic acid groups (broad SMARTS) is 1. The highest BCUT2D eigenvalue weighted by Crippen LogP contribution is 2.08. The average Bonchev–Trinajstić information content (AvgIpc) is 3.49. The molecule has 0 spiro atoms. The van der Waals surface area contributed by atoms with Gasteiger partial charge in [0.25, 0.3) is 0 Å².